The zero-order valence-electron chi connectivity index (χ0n) is 12.7. The zero-order valence-corrected chi connectivity index (χ0v) is 12.7. The van der Waals surface area contributed by atoms with Gasteiger partial charge < -0.3 is 14.2 Å². The molecule has 0 radical (unpaired) electrons. The first-order valence-electron chi connectivity index (χ1n) is 6.90. The lowest BCUT2D eigenvalue weighted by atomic mass is 9.91. The van der Waals surface area contributed by atoms with E-state index in [1.807, 2.05) is 30.3 Å². The van der Waals surface area contributed by atoms with Crippen LogP contribution >= 0.6 is 0 Å². The summed E-state index contributed by atoms with van der Waals surface area (Å²) in [7, 11) is 1.67. The summed E-state index contributed by atoms with van der Waals surface area (Å²) < 4.78 is 17.3. The molecule has 0 aliphatic carbocycles. The van der Waals surface area contributed by atoms with E-state index in [-0.39, 0.29) is 11.8 Å². The van der Waals surface area contributed by atoms with Crippen LogP contribution in [0.1, 0.15) is 27.7 Å². The highest BCUT2D eigenvalue weighted by Crippen LogP contribution is 2.33. The van der Waals surface area contributed by atoms with E-state index in [2.05, 4.69) is 27.7 Å². The molecule has 1 aromatic carbocycles. The molecule has 0 heterocycles. The predicted molar refractivity (Wildman–Crippen MR) is 77.3 cm³/mol. The van der Waals surface area contributed by atoms with Gasteiger partial charge in [-0.1, -0.05) is 45.9 Å². The molecule has 0 spiro atoms. The summed E-state index contributed by atoms with van der Waals surface area (Å²) in [6.07, 6.45) is 0. The molecule has 3 heteroatoms. The standard InChI is InChI=1S/C16H26O3/c1-13(2)16(14(3)4,18-12-11-17-5)19-15-9-7-6-8-10-15/h6-10,13-14H,11-12H2,1-5H3. The molecule has 0 aliphatic rings. The molecule has 0 fully saturated rings. The van der Waals surface area contributed by atoms with Crippen LogP contribution in [0.15, 0.2) is 30.3 Å². The summed E-state index contributed by atoms with van der Waals surface area (Å²) in [5.41, 5.74) is 0. The molecule has 19 heavy (non-hydrogen) atoms. The molecular formula is C16H26O3. The first-order chi connectivity index (χ1) is 9.03. The Balaban J connectivity index is 2.89. The average Bonchev–Trinajstić information content (AvgIpc) is 2.38. The van der Waals surface area contributed by atoms with Crippen molar-refractivity contribution in [2.45, 2.75) is 33.5 Å². The van der Waals surface area contributed by atoms with Crippen molar-refractivity contribution in [2.24, 2.45) is 11.8 Å². The number of rotatable bonds is 8. The number of benzene rings is 1. The van der Waals surface area contributed by atoms with Gasteiger partial charge in [0.2, 0.25) is 5.79 Å². The monoisotopic (exact) mass is 266 g/mol. The Morgan fingerprint density at radius 2 is 1.53 bits per heavy atom. The van der Waals surface area contributed by atoms with Crippen LogP contribution in [0.2, 0.25) is 0 Å². The van der Waals surface area contributed by atoms with Crippen LogP contribution in [0.5, 0.6) is 5.75 Å². The van der Waals surface area contributed by atoms with Crippen molar-refractivity contribution in [2.75, 3.05) is 20.3 Å². The first kappa shape index (κ1) is 16.0. The van der Waals surface area contributed by atoms with Gasteiger partial charge in [0.1, 0.15) is 5.75 Å². The van der Waals surface area contributed by atoms with E-state index in [1.54, 1.807) is 7.11 Å². The molecule has 0 bridgehead atoms. The van der Waals surface area contributed by atoms with E-state index in [0.29, 0.717) is 13.2 Å². The minimum Gasteiger partial charge on any atom is -0.462 e. The zero-order chi connectivity index (χ0) is 14.3. The van der Waals surface area contributed by atoms with Gasteiger partial charge in [-0.15, -0.1) is 0 Å². The highest BCUT2D eigenvalue weighted by atomic mass is 16.7. The lowest BCUT2D eigenvalue weighted by Crippen LogP contribution is -2.49. The Morgan fingerprint density at radius 1 is 0.947 bits per heavy atom. The second-order valence-electron chi connectivity index (χ2n) is 5.29. The molecule has 0 N–H and O–H groups in total. The fourth-order valence-electron chi connectivity index (χ4n) is 2.22. The second kappa shape index (κ2) is 7.51. The maximum absolute atomic E-state index is 6.19. The Labute approximate surface area is 116 Å². The molecule has 1 aromatic rings. The molecule has 0 aromatic heterocycles. The molecular weight excluding hydrogens is 240 g/mol. The minimum atomic E-state index is -0.625. The average molecular weight is 266 g/mol. The van der Waals surface area contributed by atoms with Gasteiger partial charge in [-0.05, 0) is 12.1 Å². The third kappa shape index (κ3) is 4.22. The lowest BCUT2D eigenvalue weighted by molar-refractivity contribution is -0.241. The van der Waals surface area contributed by atoms with Crippen LogP contribution < -0.4 is 4.74 Å². The molecule has 1 rings (SSSR count). The maximum Gasteiger partial charge on any atom is 0.215 e. The fraction of sp³-hybridized carbons (Fsp3) is 0.625. The Hall–Kier alpha value is -1.06. The van der Waals surface area contributed by atoms with E-state index in [1.165, 1.54) is 0 Å². The van der Waals surface area contributed by atoms with Crippen molar-refractivity contribution >= 4 is 0 Å². The number of hydrogen-bond acceptors (Lipinski definition) is 3. The van der Waals surface area contributed by atoms with Gasteiger partial charge in [-0.3, -0.25) is 0 Å². The van der Waals surface area contributed by atoms with Crippen molar-refractivity contribution in [3.05, 3.63) is 30.3 Å². The van der Waals surface area contributed by atoms with Crippen LogP contribution in [0.25, 0.3) is 0 Å². The molecule has 0 saturated heterocycles. The number of ether oxygens (including phenoxy) is 3. The van der Waals surface area contributed by atoms with Crippen molar-refractivity contribution in [3.63, 3.8) is 0 Å². The molecule has 0 unspecified atom stereocenters. The van der Waals surface area contributed by atoms with Gasteiger partial charge >= 0.3 is 0 Å². The van der Waals surface area contributed by atoms with E-state index >= 15 is 0 Å². The van der Waals surface area contributed by atoms with E-state index < -0.39 is 5.79 Å². The smallest absolute Gasteiger partial charge is 0.215 e. The number of methoxy groups -OCH3 is 1. The lowest BCUT2D eigenvalue weighted by Gasteiger charge is -2.41. The summed E-state index contributed by atoms with van der Waals surface area (Å²) in [6.45, 7) is 9.58. The molecule has 0 atom stereocenters. The van der Waals surface area contributed by atoms with Crippen molar-refractivity contribution in [1.29, 1.82) is 0 Å². The Kier molecular flexibility index (Phi) is 6.32. The highest BCUT2D eigenvalue weighted by molar-refractivity contribution is 5.22. The van der Waals surface area contributed by atoms with Crippen molar-refractivity contribution < 1.29 is 14.2 Å². The van der Waals surface area contributed by atoms with Crippen LogP contribution in [0, 0.1) is 11.8 Å². The van der Waals surface area contributed by atoms with E-state index in [4.69, 9.17) is 14.2 Å². The third-order valence-corrected chi connectivity index (χ3v) is 3.25. The quantitative estimate of drug-likeness (QED) is 0.530. The van der Waals surface area contributed by atoms with Gasteiger partial charge in [-0.25, -0.2) is 0 Å². The molecule has 3 nitrogen and oxygen atoms in total. The molecule has 0 aliphatic heterocycles. The summed E-state index contributed by atoms with van der Waals surface area (Å²) >= 11 is 0. The third-order valence-electron chi connectivity index (χ3n) is 3.25. The number of hydrogen-bond donors (Lipinski definition) is 0. The van der Waals surface area contributed by atoms with Gasteiger partial charge in [0.15, 0.2) is 0 Å². The Morgan fingerprint density at radius 3 is 2.00 bits per heavy atom. The number of para-hydroxylation sites is 1. The summed E-state index contributed by atoms with van der Waals surface area (Å²) in [5.74, 6) is 0.691. The largest absolute Gasteiger partial charge is 0.462 e. The minimum absolute atomic E-state index is 0.240. The van der Waals surface area contributed by atoms with Crippen molar-refractivity contribution in [3.8, 4) is 5.75 Å². The van der Waals surface area contributed by atoms with Crippen LogP contribution in [-0.4, -0.2) is 26.1 Å². The first-order valence-corrected chi connectivity index (χ1v) is 6.90. The second-order valence-corrected chi connectivity index (χ2v) is 5.29. The Bertz CT molecular complexity index is 338. The molecule has 0 amide bonds. The van der Waals surface area contributed by atoms with Crippen LogP contribution in [0.3, 0.4) is 0 Å². The van der Waals surface area contributed by atoms with E-state index in [0.717, 1.165) is 5.75 Å². The summed E-state index contributed by atoms with van der Waals surface area (Å²) in [4.78, 5) is 0. The van der Waals surface area contributed by atoms with Crippen molar-refractivity contribution in [1.82, 2.24) is 0 Å². The van der Waals surface area contributed by atoms with Gasteiger partial charge in [0, 0.05) is 18.9 Å². The summed E-state index contributed by atoms with van der Waals surface area (Å²) in [5, 5.41) is 0. The molecule has 0 saturated carbocycles. The topological polar surface area (TPSA) is 27.7 Å². The maximum atomic E-state index is 6.19. The van der Waals surface area contributed by atoms with Crippen LogP contribution in [0.4, 0.5) is 0 Å². The van der Waals surface area contributed by atoms with E-state index in [9.17, 15) is 0 Å². The van der Waals surface area contributed by atoms with Gasteiger partial charge in [0.05, 0.1) is 13.2 Å². The van der Waals surface area contributed by atoms with Gasteiger partial charge in [0.25, 0.3) is 0 Å². The normalized spacial score (nSPS) is 12.2. The fourth-order valence-corrected chi connectivity index (χ4v) is 2.22. The van der Waals surface area contributed by atoms with Crippen LogP contribution in [-0.2, 0) is 9.47 Å². The molecule has 108 valence electrons. The van der Waals surface area contributed by atoms with Gasteiger partial charge in [-0.2, -0.15) is 0 Å². The summed E-state index contributed by atoms with van der Waals surface area (Å²) in [6, 6.07) is 9.83. The predicted octanol–water partition coefficient (Wildman–Crippen LogP) is 3.74. The highest BCUT2D eigenvalue weighted by Gasteiger charge is 2.40. The SMILES string of the molecule is COCCOC(Oc1ccccc1)(C(C)C)C(C)C.